The van der Waals surface area contributed by atoms with Crippen molar-refractivity contribution in [2.45, 2.75) is 50.7 Å². The van der Waals surface area contributed by atoms with Gasteiger partial charge in [-0.1, -0.05) is 30.3 Å². The van der Waals surface area contributed by atoms with E-state index in [9.17, 15) is 9.59 Å². The second kappa shape index (κ2) is 9.92. The first kappa shape index (κ1) is 22.6. The highest BCUT2D eigenvalue weighted by atomic mass is 32.2. The van der Waals surface area contributed by atoms with Gasteiger partial charge in [-0.15, -0.1) is 17.9 Å². The van der Waals surface area contributed by atoms with Crippen LogP contribution in [0, 0.1) is 6.92 Å². The number of hydrogen-bond donors (Lipinski definition) is 1. The maximum atomic E-state index is 13.4. The highest BCUT2D eigenvalue weighted by molar-refractivity contribution is 7.99. The van der Waals surface area contributed by atoms with Crippen LogP contribution in [-0.2, 0) is 24.2 Å². The number of hydrogen-bond acceptors (Lipinski definition) is 6. The average molecular weight is 470 g/mol. The molecule has 0 atom stereocenters. The van der Waals surface area contributed by atoms with Gasteiger partial charge < -0.3 is 10.1 Å². The van der Waals surface area contributed by atoms with Crippen molar-refractivity contribution in [1.82, 2.24) is 9.55 Å². The normalized spacial score (nSPS) is 13.4. The molecule has 168 valence electrons. The molecule has 0 saturated carbocycles. The molecule has 1 aliphatic rings. The van der Waals surface area contributed by atoms with Gasteiger partial charge in [0.1, 0.15) is 10.6 Å². The largest absolute Gasteiger partial charge is 0.495 e. The van der Waals surface area contributed by atoms with Crippen molar-refractivity contribution >= 4 is 44.9 Å². The van der Waals surface area contributed by atoms with E-state index in [1.54, 1.807) is 29.1 Å². The fraction of sp³-hybridized carbons (Fsp3) is 0.375. The molecular weight excluding hydrogens is 442 g/mol. The molecule has 0 radical (unpaired) electrons. The van der Waals surface area contributed by atoms with E-state index < -0.39 is 0 Å². The van der Waals surface area contributed by atoms with Crippen LogP contribution >= 0.6 is 23.1 Å². The molecule has 0 bridgehead atoms. The number of carbonyl (C=O) groups excluding carboxylic acids is 1. The van der Waals surface area contributed by atoms with Crippen LogP contribution in [0.25, 0.3) is 10.2 Å². The molecule has 0 spiro atoms. The number of benzene rings is 1. The number of nitrogens with one attached hydrogen (secondary N) is 1. The predicted molar refractivity (Wildman–Crippen MR) is 132 cm³/mol. The van der Waals surface area contributed by atoms with Crippen LogP contribution in [-0.4, -0.2) is 28.3 Å². The quantitative estimate of drug-likeness (QED) is 0.229. The Labute approximate surface area is 195 Å². The molecule has 0 saturated heterocycles. The first-order valence-corrected chi connectivity index (χ1v) is 12.5. The molecule has 4 rings (SSSR count). The number of methoxy groups -OCH3 is 1. The number of nitrogens with zero attached hydrogens (tertiary/aromatic N) is 2. The second-order valence-corrected chi connectivity index (χ2v) is 9.91. The minimum Gasteiger partial charge on any atom is -0.495 e. The lowest BCUT2D eigenvalue weighted by atomic mass is 10.1. The van der Waals surface area contributed by atoms with Crippen LogP contribution in [0.3, 0.4) is 0 Å². The number of aromatic nitrogens is 2. The van der Waals surface area contributed by atoms with Crippen molar-refractivity contribution in [3.8, 4) is 5.75 Å². The molecule has 0 unspecified atom stereocenters. The van der Waals surface area contributed by atoms with Crippen molar-refractivity contribution in [1.29, 1.82) is 0 Å². The van der Waals surface area contributed by atoms with E-state index in [0.29, 0.717) is 23.1 Å². The molecular formula is C24H27N3O3S2. The van der Waals surface area contributed by atoms with E-state index in [4.69, 9.17) is 9.72 Å². The van der Waals surface area contributed by atoms with Gasteiger partial charge in [-0.25, -0.2) is 4.98 Å². The summed E-state index contributed by atoms with van der Waals surface area (Å²) in [5, 5.41) is 4.21. The van der Waals surface area contributed by atoms with Gasteiger partial charge in [0.05, 0.1) is 23.9 Å². The second-order valence-electron chi connectivity index (χ2n) is 7.88. The van der Waals surface area contributed by atoms with Gasteiger partial charge in [0, 0.05) is 11.4 Å². The number of fused-ring (bicyclic) bond motifs is 3. The summed E-state index contributed by atoms with van der Waals surface area (Å²) in [6.07, 6.45) is 7.12. The maximum Gasteiger partial charge on any atom is 0.263 e. The van der Waals surface area contributed by atoms with Crippen LogP contribution in [0.5, 0.6) is 5.75 Å². The van der Waals surface area contributed by atoms with E-state index >= 15 is 0 Å². The number of thiophene rings is 1. The molecule has 1 amide bonds. The molecule has 2 heterocycles. The molecule has 0 aliphatic heterocycles. The summed E-state index contributed by atoms with van der Waals surface area (Å²) in [4.78, 5) is 32.9. The predicted octanol–water partition coefficient (Wildman–Crippen LogP) is 4.96. The SMILES string of the molecule is C=CCn1c(SCC(=O)Nc2cc(C)ccc2OC)nc2sc3c(c2c1=O)CCCCC3. The number of allylic oxidation sites excluding steroid dienone is 1. The van der Waals surface area contributed by atoms with E-state index in [-0.39, 0.29) is 17.2 Å². The van der Waals surface area contributed by atoms with Gasteiger partial charge in [0.25, 0.3) is 5.56 Å². The van der Waals surface area contributed by atoms with Gasteiger partial charge in [-0.3, -0.25) is 14.2 Å². The Morgan fingerprint density at radius 1 is 1.34 bits per heavy atom. The topological polar surface area (TPSA) is 73.2 Å². The first-order chi connectivity index (χ1) is 15.5. The van der Waals surface area contributed by atoms with Crippen LogP contribution < -0.4 is 15.6 Å². The monoisotopic (exact) mass is 469 g/mol. The molecule has 1 aliphatic carbocycles. The summed E-state index contributed by atoms with van der Waals surface area (Å²) < 4.78 is 6.98. The van der Waals surface area contributed by atoms with Gasteiger partial charge in [-0.2, -0.15) is 0 Å². The number of rotatable bonds is 7. The van der Waals surface area contributed by atoms with Crippen LogP contribution in [0.4, 0.5) is 5.69 Å². The third-order valence-electron chi connectivity index (χ3n) is 5.56. The van der Waals surface area contributed by atoms with Gasteiger partial charge in [-0.05, 0) is 55.9 Å². The standard InChI is InChI=1S/C24H27N3O3S2/c1-4-12-27-23(29)21-16-8-6-5-7-9-19(16)32-22(21)26-24(27)31-14-20(28)25-17-13-15(2)10-11-18(17)30-3/h4,10-11,13H,1,5-9,12,14H2,2-3H3,(H,25,28). The Morgan fingerprint density at radius 2 is 2.16 bits per heavy atom. The fourth-order valence-electron chi connectivity index (χ4n) is 4.03. The first-order valence-electron chi connectivity index (χ1n) is 10.7. The lowest BCUT2D eigenvalue weighted by molar-refractivity contribution is -0.113. The zero-order valence-electron chi connectivity index (χ0n) is 18.4. The third kappa shape index (κ3) is 4.61. The fourth-order valence-corrected chi connectivity index (χ4v) is 6.14. The Hall–Kier alpha value is -2.58. The summed E-state index contributed by atoms with van der Waals surface area (Å²) in [5.41, 5.74) is 2.81. The highest BCUT2D eigenvalue weighted by Crippen LogP contribution is 2.34. The van der Waals surface area contributed by atoms with E-state index in [2.05, 4.69) is 11.9 Å². The van der Waals surface area contributed by atoms with E-state index in [1.807, 2.05) is 25.1 Å². The van der Waals surface area contributed by atoms with E-state index in [0.717, 1.165) is 41.5 Å². The molecule has 3 aromatic rings. The van der Waals surface area contributed by atoms with Crippen LogP contribution in [0.1, 0.15) is 35.3 Å². The lowest BCUT2D eigenvalue weighted by Gasteiger charge is -2.12. The van der Waals surface area contributed by atoms with Gasteiger partial charge in [0.15, 0.2) is 5.16 Å². The minimum atomic E-state index is -0.180. The van der Waals surface area contributed by atoms with Crippen molar-refractivity contribution in [2.75, 3.05) is 18.2 Å². The van der Waals surface area contributed by atoms with Gasteiger partial charge >= 0.3 is 0 Å². The van der Waals surface area contributed by atoms with E-state index in [1.165, 1.54) is 28.6 Å². The molecule has 32 heavy (non-hydrogen) atoms. The Morgan fingerprint density at radius 3 is 2.94 bits per heavy atom. The molecule has 1 N–H and O–H groups in total. The third-order valence-corrected chi connectivity index (χ3v) is 7.73. The van der Waals surface area contributed by atoms with Crippen molar-refractivity contribution in [3.63, 3.8) is 0 Å². The summed E-state index contributed by atoms with van der Waals surface area (Å²) >= 11 is 2.90. The van der Waals surface area contributed by atoms with Crippen LogP contribution in [0.2, 0.25) is 0 Å². The Bertz CT molecular complexity index is 1230. The number of aryl methyl sites for hydroxylation is 3. The summed E-state index contributed by atoms with van der Waals surface area (Å²) in [6, 6.07) is 5.63. The average Bonchev–Trinajstić information content (AvgIpc) is 2.96. The number of thioether (sulfide) groups is 1. The molecule has 2 aromatic heterocycles. The van der Waals surface area contributed by atoms with Crippen molar-refractivity contribution in [2.24, 2.45) is 0 Å². The Balaban J connectivity index is 1.60. The smallest absolute Gasteiger partial charge is 0.263 e. The number of amides is 1. The summed E-state index contributed by atoms with van der Waals surface area (Å²) in [6.45, 7) is 6.12. The minimum absolute atomic E-state index is 0.0300. The maximum absolute atomic E-state index is 13.4. The molecule has 6 nitrogen and oxygen atoms in total. The lowest BCUT2D eigenvalue weighted by Crippen LogP contribution is -2.24. The summed E-state index contributed by atoms with van der Waals surface area (Å²) in [7, 11) is 1.57. The number of ether oxygens (including phenoxy) is 1. The zero-order valence-corrected chi connectivity index (χ0v) is 20.0. The van der Waals surface area contributed by atoms with Gasteiger partial charge in [0.2, 0.25) is 5.91 Å². The molecule has 1 aromatic carbocycles. The summed E-state index contributed by atoms with van der Waals surface area (Å²) in [5.74, 6) is 0.564. The molecule has 8 heteroatoms. The van der Waals surface area contributed by atoms with Crippen molar-refractivity contribution in [3.05, 3.63) is 57.2 Å². The Kier molecular flexibility index (Phi) is 7.01. The highest BCUT2D eigenvalue weighted by Gasteiger charge is 2.21. The van der Waals surface area contributed by atoms with Crippen LogP contribution in [0.15, 0.2) is 40.8 Å². The number of anilines is 1. The zero-order chi connectivity index (χ0) is 22.7. The van der Waals surface area contributed by atoms with Crippen molar-refractivity contribution < 1.29 is 9.53 Å². The molecule has 0 fully saturated rings. The number of carbonyl (C=O) groups is 1.